The fourth-order valence-electron chi connectivity index (χ4n) is 2.66. The third-order valence-electron chi connectivity index (χ3n) is 4.18. The zero-order valence-electron chi connectivity index (χ0n) is 14.8. The summed E-state index contributed by atoms with van der Waals surface area (Å²) in [6.07, 6.45) is -9.30. The van der Waals surface area contributed by atoms with Gasteiger partial charge in [0.15, 0.2) is 6.10 Å². The summed E-state index contributed by atoms with van der Waals surface area (Å²) >= 11 is 0. The molecule has 0 spiro atoms. The standard InChI is InChI=1S/C19H18O10/c20-10-4-6-11(7-5-10)27-12-3-1-2-9(8-12)18(26)29-19-15(23)13(21)14(22)16(28-19)17(24)25/h1-8,13-16,19-23H,(H,24,25)/t13-,14-,15+,16-,19-/m0/s1. The molecule has 0 amide bonds. The number of aromatic hydroxyl groups is 1. The van der Waals surface area contributed by atoms with Crippen molar-refractivity contribution >= 4 is 11.9 Å². The molecule has 3 rings (SSSR count). The Kier molecular flexibility index (Phi) is 5.99. The average molecular weight is 406 g/mol. The van der Waals surface area contributed by atoms with E-state index in [2.05, 4.69) is 0 Å². The largest absolute Gasteiger partial charge is 0.508 e. The highest BCUT2D eigenvalue weighted by molar-refractivity contribution is 5.90. The summed E-state index contributed by atoms with van der Waals surface area (Å²) in [5.41, 5.74) is 0.00423. The molecule has 10 heteroatoms. The molecule has 0 radical (unpaired) electrons. The van der Waals surface area contributed by atoms with Crippen LogP contribution in [-0.2, 0) is 14.3 Å². The van der Waals surface area contributed by atoms with Crippen molar-refractivity contribution in [2.24, 2.45) is 0 Å². The first-order valence-electron chi connectivity index (χ1n) is 8.46. The number of benzene rings is 2. The van der Waals surface area contributed by atoms with Crippen LogP contribution in [0.2, 0.25) is 0 Å². The predicted molar refractivity (Wildman–Crippen MR) is 94.4 cm³/mol. The second kappa shape index (κ2) is 8.45. The van der Waals surface area contributed by atoms with Crippen LogP contribution in [0.5, 0.6) is 17.2 Å². The molecule has 0 aromatic heterocycles. The van der Waals surface area contributed by atoms with E-state index in [1.165, 1.54) is 42.5 Å². The number of ether oxygens (including phenoxy) is 3. The minimum Gasteiger partial charge on any atom is -0.508 e. The van der Waals surface area contributed by atoms with Crippen LogP contribution in [0.3, 0.4) is 0 Å². The summed E-state index contributed by atoms with van der Waals surface area (Å²) in [6, 6.07) is 11.7. The third kappa shape index (κ3) is 4.63. The summed E-state index contributed by atoms with van der Waals surface area (Å²) in [4.78, 5) is 23.5. The molecule has 154 valence electrons. The molecule has 1 saturated heterocycles. The highest BCUT2D eigenvalue weighted by Crippen LogP contribution is 2.26. The molecule has 5 atom stereocenters. The maximum absolute atomic E-state index is 12.4. The van der Waals surface area contributed by atoms with E-state index < -0.39 is 42.6 Å². The third-order valence-corrected chi connectivity index (χ3v) is 4.18. The molecule has 1 aliphatic rings. The Bertz CT molecular complexity index is 881. The second-order valence-electron chi connectivity index (χ2n) is 6.26. The number of hydrogen-bond acceptors (Lipinski definition) is 9. The van der Waals surface area contributed by atoms with Crippen LogP contribution in [0.25, 0.3) is 0 Å². The number of phenolic OH excluding ortho intramolecular Hbond substituents is 1. The predicted octanol–water partition coefficient (Wildman–Crippen LogP) is 0.234. The molecular formula is C19H18O10. The SMILES string of the molecule is O=C(O[C@@H]1O[C@H](C(=O)O)[C@@H](O)[C@H](O)[C@H]1O)c1cccc(Oc2ccc(O)cc2)c1. The van der Waals surface area contributed by atoms with Crippen molar-refractivity contribution < 1.29 is 49.3 Å². The Morgan fingerprint density at radius 1 is 0.897 bits per heavy atom. The van der Waals surface area contributed by atoms with E-state index in [0.717, 1.165) is 0 Å². The lowest BCUT2D eigenvalue weighted by molar-refractivity contribution is -0.278. The Balaban J connectivity index is 1.71. The van der Waals surface area contributed by atoms with Crippen molar-refractivity contribution in [1.82, 2.24) is 0 Å². The second-order valence-corrected chi connectivity index (χ2v) is 6.26. The monoisotopic (exact) mass is 406 g/mol. The molecule has 29 heavy (non-hydrogen) atoms. The summed E-state index contributed by atoms with van der Waals surface area (Å²) in [6.45, 7) is 0. The maximum Gasteiger partial charge on any atom is 0.340 e. The minimum absolute atomic E-state index is 0.00423. The van der Waals surface area contributed by atoms with Gasteiger partial charge in [-0.3, -0.25) is 0 Å². The number of carbonyl (C=O) groups is 2. The molecular weight excluding hydrogens is 388 g/mol. The molecule has 0 saturated carbocycles. The number of phenols is 1. The van der Waals surface area contributed by atoms with E-state index in [1.807, 2.05) is 0 Å². The van der Waals surface area contributed by atoms with Gasteiger partial charge in [0.05, 0.1) is 5.56 Å². The molecule has 0 bridgehead atoms. The Morgan fingerprint density at radius 2 is 1.59 bits per heavy atom. The van der Waals surface area contributed by atoms with Gasteiger partial charge in [-0.25, -0.2) is 9.59 Å². The smallest absolute Gasteiger partial charge is 0.340 e. The first-order chi connectivity index (χ1) is 13.8. The lowest BCUT2D eigenvalue weighted by Gasteiger charge is -2.37. The number of carboxylic acid groups (broad SMARTS) is 1. The number of esters is 1. The van der Waals surface area contributed by atoms with Gasteiger partial charge in [-0.1, -0.05) is 6.07 Å². The zero-order valence-corrected chi connectivity index (χ0v) is 14.8. The Labute approximate surface area is 164 Å². The first-order valence-corrected chi connectivity index (χ1v) is 8.46. The number of rotatable bonds is 5. The Morgan fingerprint density at radius 3 is 2.24 bits per heavy atom. The van der Waals surface area contributed by atoms with Crippen LogP contribution in [0.1, 0.15) is 10.4 Å². The van der Waals surface area contributed by atoms with Crippen molar-refractivity contribution in [2.45, 2.75) is 30.7 Å². The van der Waals surface area contributed by atoms with Gasteiger partial charge in [-0.05, 0) is 42.5 Å². The van der Waals surface area contributed by atoms with Crippen LogP contribution >= 0.6 is 0 Å². The highest BCUT2D eigenvalue weighted by atomic mass is 16.7. The molecule has 2 aromatic carbocycles. The van der Waals surface area contributed by atoms with Gasteiger partial charge in [0.25, 0.3) is 0 Å². The summed E-state index contributed by atoms with van der Waals surface area (Å²) in [5.74, 6) is -1.82. The lowest BCUT2D eigenvalue weighted by atomic mass is 9.99. The van der Waals surface area contributed by atoms with E-state index in [0.29, 0.717) is 5.75 Å². The molecule has 0 unspecified atom stereocenters. The molecule has 2 aromatic rings. The molecule has 1 fully saturated rings. The molecule has 5 N–H and O–H groups in total. The molecule has 0 aliphatic carbocycles. The van der Waals surface area contributed by atoms with Crippen molar-refractivity contribution in [3.05, 3.63) is 54.1 Å². The number of carboxylic acids is 1. The molecule has 10 nitrogen and oxygen atoms in total. The molecule has 1 heterocycles. The quantitative estimate of drug-likeness (QED) is 0.434. The summed E-state index contributed by atoms with van der Waals surface area (Å²) < 4.78 is 15.5. The first kappa shape index (κ1) is 20.6. The van der Waals surface area contributed by atoms with Crippen LogP contribution < -0.4 is 4.74 Å². The van der Waals surface area contributed by atoms with Gasteiger partial charge in [0.1, 0.15) is 35.6 Å². The van der Waals surface area contributed by atoms with E-state index >= 15 is 0 Å². The molecule has 1 aliphatic heterocycles. The van der Waals surface area contributed by atoms with E-state index in [9.17, 15) is 30.0 Å². The van der Waals surface area contributed by atoms with Crippen LogP contribution in [0.15, 0.2) is 48.5 Å². The highest BCUT2D eigenvalue weighted by Gasteiger charge is 2.48. The topological polar surface area (TPSA) is 163 Å². The van der Waals surface area contributed by atoms with Gasteiger partial charge in [0.2, 0.25) is 6.29 Å². The number of aliphatic hydroxyl groups is 3. The van der Waals surface area contributed by atoms with Crippen molar-refractivity contribution in [3.63, 3.8) is 0 Å². The normalized spacial score (nSPS) is 26.5. The number of carbonyl (C=O) groups excluding carboxylic acids is 1. The van der Waals surface area contributed by atoms with Crippen molar-refractivity contribution in [1.29, 1.82) is 0 Å². The average Bonchev–Trinajstić information content (AvgIpc) is 2.70. The van der Waals surface area contributed by atoms with Crippen LogP contribution in [0.4, 0.5) is 0 Å². The number of aliphatic carboxylic acids is 1. The van der Waals surface area contributed by atoms with E-state index in [4.69, 9.17) is 19.3 Å². The van der Waals surface area contributed by atoms with Gasteiger partial charge < -0.3 is 39.7 Å². The van der Waals surface area contributed by atoms with Gasteiger partial charge >= 0.3 is 11.9 Å². The van der Waals surface area contributed by atoms with Crippen LogP contribution in [0, 0.1) is 0 Å². The lowest BCUT2D eigenvalue weighted by Crippen LogP contribution is -2.60. The van der Waals surface area contributed by atoms with Gasteiger partial charge in [-0.2, -0.15) is 0 Å². The summed E-state index contributed by atoms with van der Waals surface area (Å²) in [5, 5.41) is 47.7. The van der Waals surface area contributed by atoms with Gasteiger partial charge in [0, 0.05) is 0 Å². The fraction of sp³-hybridized carbons (Fsp3) is 0.263. The number of hydrogen-bond donors (Lipinski definition) is 5. The number of aliphatic hydroxyl groups excluding tert-OH is 3. The van der Waals surface area contributed by atoms with Gasteiger partial charge in [-0.15, -0.1) is 0 Å². The van der Waals surface area contributed by atoms with Crippen LogP contribution in [-0.4, -0.2) is 68.2 Å². The van der Waals surface area contributed by atoms with Crippen molar-refractivity contribution in [3.8, 4) is 17.2 Å². The van der Waals surface area contributed by atoms with E-state index in [-0.39, 0.29) is 17.1 Å². The summed E-state index contributed by atoms with van der Waals surface area (Å²) in [7, 11) is 0. The minimum atomic E-state index is -1.89. The van der Waals surface area contributed by atoms with Crippen molar-refractivity contribution in [2.75, 3.05) is 0 Å². The fourth-order valence-corrected chi connectivity index (χ4v) is 2.66. The Hall–Kier alpha value is -3.18. The van der Waals surface area contributed by atoms with E-state index in [1.54, 1.807) is 6.07 Å². The zero-order chi connectivity index (χ0) is 21.1. The maximum atomic E-state index is 12.4.